The van der Waals surface area contributed by atoms with Crippen molar-refractivity contribution < 1.29 is 14.7 Å². The van der Waals surface area contributed by atoms with Crippen LogP contribution >= 0.6 is 11.3 Å². The Balaban J connectivity index is 1.86. The summed E-state index contributed by atoms with van der Waals surface area (Å²) in [6.45, 7) is 1.43. The molecule has 0 spiro atoms. The molecular weight excluding hydrogens is 266 g/mol. The van der Waals surface area contributed by atoms with Crippen molar-refractivity contribution in [2.75, 3.05) is 13.1 Å². The number of aromatic nitrogens is 1. The summed E-state index contributed by atoms with van der Waals surface area (Å²) in [5.74, 6) is -1.07. The molecule has 0 atom stereocenters. The summed E-state index contributed by atoms with van der Waals surface area (Å²) in [5.41, 5.74) is 6.22. The fraction of sp³-hybridized carbons (Fsp3) is 0.583. The molecular formula is C12H17N3O3S. The first kappa shape index (κ1) is 14.0. The van der Waals surface area contributed by atoms with Gasteiger partial charge in [0.1, 0.15) is 5.01 Å². The van der Waals surface area contributed by atoms with E-state index in [4.69, 9.17) is 10.8 Å². The third kappa shape index (κ3) is 3.51. The molecule has 0 aliphatic carbocycles. The number of nitrogens with two attached hydrogens (primary N) is 1. The van der Waals surface area contributed by atoms with Gasteiger partial charge in [0.15, 0.2) is 0 Å². The first-order chi connectivity index (χ1) is 9.10. The molecule has 0 radical (unpaired) electrons. The van der Waals surface area contributed by atoms with Gasteiger partial charge in [-0.3, -0.25) is 9.59 Å². The van der Waals surface area contributed by atoms with Crippen LogP contribution in [-0.4, -0.2) is 40.0 Å². The lowest BCUT2D eigenvalue weighted by atomic mass is 9.97. The van der Waals surface area contributed by atoms with Gasteiger partial charge < -0.3 is 15.7 Å². The van der Waals surface area contributed by atoms with Crippen LogP contribution in [0.4, 0.5) is 0 Å². The highest BCUT2D eigenvalue weighted by molar-refractivity contribution is 7.09. The van der Waals surface area contributed by atoms with Crippen LogP contribution in [0, 0.1) is 5.92 Å². The van der Waals surface area contributed by atoms with E-state index in [1.165, 1.54) is 11.3 Å². The number of carboxylic acid groups (broad SMARTS) is 1. The van der Waals surface area contributed by atoms with Gasteiger partial charge in [-0.05, 0) is 12.8 Å². The Morgan fingerprint density at radius 1 is 1.47 bits per heavy atom. The zero-order chi connectivity index (χ0) is 13.8. The van der Waals surface area contributed by atoms with Gasteiger partial charge in [-0.1, -0.05) is 0 Å². The van der Waals surface area contributed by atoms with E-state index in [0.717, 1.165) is 10.7 Å². The van der Waals surface area contributed by atoms with Crippen molar-refractivity contribution in [1.82, 2.24) is 9.88 Å². The molecule has 6 nitrogen and oxygen atoms in total. The highest BCUT2D eigenvalue weighted by atomic mass is 32.1. The standard InChI is InChI=1S/C12H17N3O3S/c13-6-10-14-9(7-19-10)5-11(16)15-3-1-8(2-4-15)12(17)18/h7-8H,1-6,13H2,(H,17,18). The van der Waals surface area contributed by atoms with Gasteiger partial charge in [-0.2, -0.15) is 0 Å². The van der Waals surface area contributed by atoms with E-state index in [1.807, 2.05) is 5.38 Å². The predicted octanol–water partition coefficient (Wildman–Crippen LogP) is 0.467. The van der Waals surface area contributed by atoms with Gasteiger partial charge in [0, 0.05) is 25.0 Å². The van der Waals surface area contributed by atoms with Crippen molar-refractivity contribution in [3.05, 3.63) is 16.1 Å². The van der Waals surface area contributed by atoms with Crippen LogP contribution in [-0.2, 0) is 22.6 Å². The first-order valence-electron chi connectivity index (χ1n) is 6.24. The molecule has 0 saturated carbocycles. The molecule has 1 aromatic heterocycles. The van der Waals surface area contributed by atoms with E-state index in [1.54, 1.807) is 4.90 Å². The summed E-state index contributed by atoms with van der Waals surface area (Å²) in [6.07, 6.45) is 1.34. The molecule has 0 bridgehead atoms. The van der Waals surface area contributed by atoms with E-state index in [0.29, 0.717) is 32.5 Å². The van der Waals surface area contributed by atoms with Gasteiger partial charge in [0.2, 0.25) is 5.91 Å². The number of nitrogens with zero attached hydrogens (tertiary/aromatic N) is 2. The topological polar surface area (TPSA) is 96.5 Å². The lowest BCUT2D eigenvalue weighted by Gasteiger charge is -2.30. The van der Waals surface area contributed by atoms with Crippen molar-refractivity contribution >= 4 is 23.2 Å². The molecule has 1 aromatic rings. The lowest BCUT2D eigenvalue weighted by molar-refractivity contribution is -0.145. The number of aliphatic carboxylic acids is 1. The minimum atomic E-state index is -0.765. The second-order valence-electron chi connectivity index (χ2n) is 4.61. The second kappa shape index (κ2) is 6.12. The molecule has 1 saturated heterocycles. The number of rotatable bonds is 4. The smallest absolute Gasteiger partial charge is 0.306 e. The van der Waals surface area contributed by atoms with E-state index < -0.39 is 5.97 Å². The van der Waals surface area contributed by atoms with Crippen LogP contribution in [0.15, 0.2) is 5.38 Å². The molecule has 0 unspecified atom stereocenters. The number of piperidine rings is 1. The molecule has 3 N–H and O–H groups in total. The Hall–Kier alpha value is -1.47. The zero-order valence-electron chi connectivity index (χ0n) is 10.5. The number of hydrogen-bond acceptors (Lipinski definition) is 5. The van der Waals surface area contributed by atoms with Gasteiger partial charge in [-0.25, -0.2) is 4.98 Å². The number of carbonyl (C=O) groups excluding carboxylic acids is 1. The summed E-state index contributed by atoms with van der Waals surface area (Å²) in [4.78, 5) is 28.9. The van der Waals surface area contributed by atoms with Crippen molar-refractivity contribution in [1.29, 1.82) is 0 Å². The molecule has 19 heavy (non-hydrogen) atoms. The normalized spacial score (nSPS) is 16.6. The van der Waals surface area contributed by atoms with Crippen LogP contribution in [0.1, 0.15) is 23.5 Å². The largest absolute Gasteiger partial charge is 0.481 e. The van der Waals surface area contributed by atoms with Crippen molar-refractivity contribution in [2.45, 2.75) is 25.8 Å². The average molecular weight is 283 g/mol. The maximum Gasteiger partial charge on any atom is 0.306 e. The first-order valence-corrected chi connectivity index (χ1v) is 7.12. The Bertz CT molecular complexity index is 467. The minimum absolute atomic E-state index is 0.0118. The Labute approximate surface area is 115 Å². The molecule has 1 fully saturated rings. The molecule has 0 aromatic carbocycles. The molecule has 104 valence electrons. The maximum absolute atomic E-state index is 12.1. The van der Waals surface area contributed by atoms with E-state index in [2.05, 4.69) is 4.98 Å². The Morgan fingerprint density at radius 3 is 2.68 bits per heavy atom. The summed E-state index contributed by atoms with van der Waals surface area (Å²) in [6, 6.07) is 0. The minimum Gasteiger partial charge on any atom is -0.481 e. The lowest BCUT2D eigenvalue weighted by Crippen LogP contribution is -2.41. The average Bonchev–Trinajstić information content (AvgIpc) is 2.86. The van der Waals surface area contributed by atoms with E-state index in [-0.39, 0.29) is 18.2 Å². The highest BCUT2D eigenvalue weighted by Crippen LogP contribution is 2.18. The van der Waals surface area contributed by atoms with Crippen molar-refractivity contribution in [3.8, 4) is 0 Å². The predicted molar refractivity (Wildman–Crippen MR) is 70.6 cm³/mol. The van der Waals surface area contributed by atoms with Crippen LogP contribution in [0.25, 0.3) is 0 Å². The van der Waals surface area contributed by atoms with E-state index in [9.17, 15) is 9.59 Å². The fourth-order valence-corrected chi connectivity index (χ4v) is 2.84. The zero-order valence-corrected chi connectivity index (χ0v) is 11.4. The third-order valence-corrected chi connectivity index (χ3v) is 4.22. The number of hydrogen-bond donors (Lipinski definition) is 2. The number of carbonyl (C=O) groups is 2. The third-order valence-electron chi connectivity index (χ3n) is 3.30. The maximum atomic E-state index is 12.1. The fourth-order valence-electron chi connectivity index (χ4n) is 2.17. The summed E-state index contributed by atoms with van der Waals surface area (Å²) in [7, 11) is 0. The molecule has 1 aliphatic heterocycles. The highest BCUT2D eigenvalue weighted by Gasteiger charge is 2.27. The van der Waals surface area contributed by atoms with Crippen LogP contribution < -0.4 is 5.73 Å². The molecule has 2 heterocycles. The van der Waals surface area contributed by atoms with Gasteiger partial charge in [-0.15, -0.1) is 11.3 Å². The quantitative estimate of drug-likeness (QED) is 0.837. The number of amides is 1. The summed E-state index contributed by atoms with van der Waals surface area (Å²) >= 11 is 1.46. The molecule has 7 heteroatoms. The summed E-state index contributed by atoms with van der Waals surface area (Å²) < 4.78 is 0. The monoisotopic (exact) mass is 283 g/mol. The molecule has 2 rings (SSSR count). The summed E-state index contributed by atoms with van der Waals surface area (Å²) in [5, 5.41) is 11.6. The number of likely N-dealkylation sites (tertiary alicyclic amines) is 1. The van der Waals surface area contributed by atoms with Gasteiger partial charge >= 0.3 is 5.97 Å². The van der Waals surface area contributed by atoms with Crippen molar-refractivity contribution in [2.24, 2.45) is 11.7 Å². The van der Waals surface area contributed by atoms with E-state index >= 15 is 0 Å². The molecule has 1 amide bonds. The molecule has 1 aliphatic rings. The van der Waals surface area contributed by atoms with Crippen LogP contribution in [0.5, 0.6) is 0 Å². The second-order valence-corrected chi connectivity index (χ2v) is 5.55. The van der Waals surface area contributed by atoms with Gasteiger partial charge in [0.05, 0.1) is 18.0 Å². The number of carboxylic acids is 1. The van der Waals surface area contributed by atoms with Crippen LogP contribution in [0.3, 0.4) is 0 Å². The Morgan fingerprint density at radius 2 is 2.16 bits per heavy atom. The van der Waals surface area contributed by atoms with Crippen molar-refractivity contribution in [3.63, 3.8) is 0 Å². The van der Waals surface area contributed by atoms with Gasteiger partial charge in [0.25, 0.3) is 0 Å². The SMILES string of the molecule is NCc1nc(CC(=O)N2CCC(C(=O)O)CC2)cs1. The van der Waals surface area contributed by atoms with Crippen LogP contribution in [0.2, 0.25) is 0 Å². The number of thiazole rings is 1. The Kier molecular flexibility index (Phi) is 4.49.